The van der Waals surface area contributed by atoms with Gasteiger partial charge in [0.05, 0.1) is 29.5 Å². The van der Waals surface area contributed by atoms with Crippen LogP contribution in [0.1, 0.15) is 48.2 Å². The summed E-state index contributed by atoms with van der Waals surface area (Å²) in [6.45, 7) is 4.91. The SMILES string of the molecule is Cc1cccc(F)c1N1CCC(N2Cc3nn(C)cc3N([C@@H](C)c3ccccc3C(F)(F)F)C2=O)CC1. The molecule has 37 heavy (non-hydrogen) atoms. The molecule has 1 fully saturated rings. The van der Waals surface area contributed by atoms with Gasteiger partial charge < -0.3 is 9.80 Å². The molecule has 1 saturated heterocycles. The van der Waals surface area contributed by atoms with Crippen molar-refractivity contribution in [2.24, 2.45) is 7.05 Å². The summed E-state index contributed by atoms with van der Waals surface area (Å²) in [5.74, 6) is -0.269. The molecule has 2 aliphatic heterocycles. The lowest BCUT2D eigenvalue weighted by Gasteiger charge is -2.45. The highest BCUT2D eigenvalue weighted by Crippen LogP contribution is 2.41. The van der Waals surface area contributed by atoms with Crippen molar-refractivity contribution in [3.8, 4) is 0 Å². The summed E-state index contributed by atoms with van der Waals surface area (Å²) in [6, 6.07) is 9.03. The van der Waals surface area contributed by atoms with Crippen LogP contribution in [0, 0.1) is 12.7 Å². The molecule has 1 aromatic heterocycles. The van der Waals surface area contributed by atoms with Crippen LogP contribution in [0.2, 0.25) is 0 Å². The number of carbonyl (C=O) groups is 1. The van der Waals surface area contributed by atoms with Crippen molar-refractivity contribution in [1.82, 2.24) is 14.7 Å². The van der Waals surface area contributed by atoms with E-state index in [1.807, 2.05) is 17.9 Å². The summed E-state index contributed by atoms with van der Waals surface area (Å²) in [4.78, 5) is 19.0. The number of aryl methyl sites for hydroxylation is 2. The molecule has 0 radical (unpaired) electrons. The largest absolute Gasteiger partial charge is 0.416 e. The number of halogens is 4. The molecule has 3 aromatic rings. The number of urea groups is 1. The molecule has 6 nitrogen and oxygen atoms in total. The number of benzene rings is 2. The van der Waals surface area contributed by atoms with Crippen LogP contribution < -0.4 is 9.80 Å². The monoisotopic (exact) mass is 515 g/mol. The van der Waals surface area contributed by atoms with Crippen LogP contribution in [-0.2, 0) is 19.8 Å². The van der Waals surface area contributed by atoms with Crippen molar-refractivity contribution >= 4 is 17.4 Å². The summed E-state index contributed by atoms with van der Waals surface area (Å²) in [6.07, 6.45) is -1.63. The number of fused-ring (bicyclic) bond motifs is 1. The Morgan fingerprint density at radius 3 is 2.43 bits per heavy atom. The zero-order chi connectivity index (χ0) is 26.5. The quantitative estimate of drug-likeness (QED) is 0.397. The van der Waals surface area contributed by atoms with Gasteiger partial charge in [-0.15, -0.1) is 0 Å². The maximum atomic E-state index is 14.5. The second kappa shape index (κ2) is 9.39. The second-order valence-corrected chi connectivity index (χ2v) is 9.80. The van der Waals surface area contributed by atoms with Gasteiger partial charge in [0, 0.05) is 32.4 Å². The molecule has 5 rings (SSSR count). The molecule has 0 N–H and O–H groups in total. The molecule has 0 spiro atoms. The van der Waals surface area contributed by atoms with Gasteiger partial charge in [0.15, 0.2) is 0 Å². The molecule has 0 saturated carbocycles. The first-order valence-electron chi connectivity index (χ1n) is 12.3. The molecule has 196 valence electrons. The van der Waals surface area contributed by atoms with E-state index in [0.717, 1.165) is 11.6 Å². The molecule has 10 heteroatoms. The van der Waals surface area contributed by atoms with Crippen LogP contribution in [0.3, 0.4) is 0 Å². The number of amides is 2. The van der Waals surface area contributed by atoms with E-state index in [0.29, 0.717) is 43.0 Å². The van der Waals surface area contributed by atoms with Gasteiger partial charge in [-0.05, 0) is 49.9 Å². The van der Waals surface area contributed by atoms with Crippen molar-refractivity contribution in [3.05, 3.63) is 76.9 Å². The average molecular weight is 516 g/mol. The number of alkyl halides is 3. The number of anilines is 2. The van der Waals surface area contributed by atoms with Crippen LogP contribution in [0.4, 0.5) is 33.7 Å². The zero-order valence-electron chi connectivity index (χ0n) is 21.0. The van der Waals surface area contributed by atoms with Crippen LogP contribution in [0.5, 0.6) is 0 Å². The number of piperidine rings is 1. The Morgan fingerprint density at radius 1 is 1.05 bits per heavy atom. The summed E-state index contributed by atoms with van der Waals surface area (Å²) in [7, 11) is 1.73. The third kappa shape index (κ3) is 4.53. The maximum absolute atomic E-state index is 14.5. The number of para-hydroxylation sites is 1. The highest BCUT2D eigenvalue weighted by atomic mass is 19.4. The normalized spacial score (nSPS) is 17.8. The van der Waals surface area contributed by atoms with E-state index < -0.39 is 17.8 Å². The fourth-order valence-electron chi connectivity index (χ4n) is 5.65. The van der Waals surface area contributed by atoms with Gasteiger partial charge in [-0.25, -0.2) is 9.18 Å². The van der Waals surface area contributed by atoms with Crippen molar-refractivity contribution in [2.45, 2.75) is 51.5 Å². The van der Waals surface area contributed by atoms with Gasteiger partial charge in [-0.3, -0.25) is 9.58 Å². The molecule has 3 heterocycles. The van der Waals surface area contributed by atoms with E-state index >= 15 is 0 Å². The van der Waals surface area contributed by atoms with Gasteiger partial charge in [-0.2, -0.15) is 18.3 Å². The fraction of sp³-hybridized carbons (Fsp3) is 0.407. The molecule has 1 atom stereocenters. The molecule has 2 aromatic carbocycles. The number of hydrogen-bond donors (Lipinski definition) is 0. The van der Waals surface area contributed by atoms with Crippen LogP contribution >= 0.6 is 0 Å². The van der Waals surface area contributed by atoms with Crippen LogP contribution in [0.25, 0.3) is 0 Å². The predicted molar refractivity (Wildman–Crippen MR) is 133 cm³/mol. The molecule has 0 bridgehead atoms. The Balaban J connectivity index is 1.43. The average Bonchev–Trinajstić information content (AvgIpc) is 3.23. The van der Waals surface area contributed by atoms with Gasteiger partial charge in [0.2, 0.25) is 0 Å². The Kier molecular flexibility index (Phi) is 6.37. The lowest BCUT2D eigenvalue weighted by Crippen LogP contribution is -2.54. The topological polar surface area (TPSA) is 44.6 Å². The van der Waals surface area contributed by atoms with Crippen molar-refractivity contribution in [2.75, 3.05) is 22.9 Å². The van der Waals surface area contributed by atoms with Gasteiger partial charge in [0.1, 0.15) is 11.5 Å². The molecular formula is C27H29F4N5O. The van der Waals surface area contributed by atoms with Gasteiger partial charge in [-0.1, -0.05) is 30.3 Å². The molecule has 0 aliphatic carbocycles. The summed E-state index contributed by atoms with van der Waals surface area (Å²) in [5.41, 5.74) is 1.88. The van der Waals surface area contributed by atoms with Crippen molar-refractivity contribution in [1.29, 1.82) is 0 Å². The van der Waals surface area contributed by atoms with Gasteiger partial charge in [0.25, 0.3) is 0 Å². The van der Waals surface area contributed by atoms with E-state index in [9.17, 15) is 22.4 Å². The van der Waals surface area contributed by atoms with E-state index in [2.05, 4.69) is 5.10 Å². The maximum Gasteiger partial charge on any atom is 0.416 e. The Morgan fingerprint density at radius 2 is 1.76 bits per heavy atom. The highest BCUT2D eigenvalue weighted by Gasteiger charge is 2.42. The number of aromatic nitrogens is 2. The first kappa shape index (κ1) is 25.1. The third-order valence-corrected chi connectivity index (χ3v) is 7.43. The van der Waals surface area contributed by atoms with Crippen LogP contribution in [-0.4, -0.2) is 39.8 Å². The molecule has 2 aliphatic rings. The first-order chi connectivity index (χ1) is 17.6. The van der Waals surface area contributed by atoms with Crippen LogP contribution in [0.15, 0.2) is 48.7 Å². The summed E-state index contributed by atoms with van der Waals surface area (Å²) >= 11 is 0. The minimum absolute atomic E-state index is 0.0323. The second-order valence-electron chi connectivity index (χ2n) is 9.80. The molecule has 0 unspecified atom stereocenters. The smallest absolute Gasteiger partial charge is 0.369 e. The third-order valence-electron chi connectivity index (χ3n) is 7.43. The Bertz CT molecular complexity index is 1290. The van der Waals surface area contributed by atoms with Crippen molar-refractivity contribution < 1.29 is 22.4 Å². The van der Waals surface area contributed by atoms with E-state index in [1.54, 1.807) is 41.9 Å². The summed E-state index contributed by atoms with van der Waals surface area (Å²) < 4.78 is 57.6. The zero-order valence-corrected chi connectivity index (χ0v) is 21.0. The first-order valence-corrected chi connectivity index (χ1v) is 12.3. The lowest BCUT2D eigenvalue weighted by molar-refractivity contribution is -0.138. The standard InChI is InChI=1S/C27H29F4N5O/c1-17-7-6-10-22(28)25(17)34-13-11-19(12-14-34)35-15-23-24(16-33(3)32-23)36(26(35)37)18(2)20-8-4-5-9-21(20)27(29,30)31/h4-10,16,18-19H,11-15H2,1-3H3/t18-/m0/s1. The fourth-order valence-corrected chi connectivity index (χ4v) is 5.65. The number of nitrogens with zero attached hydrogens (tertiary/aromatic N) is 5. The van der Waals surface area contributed by atoms with E-state index in [4.69, 9.17) is 0 Å². The van der Waals surface area contributed by atoms with E-state index in [1.165, 1.54) is 23.1 Å². The van der Waals surface area contributed by atoms with Gasteiger partial charge >= 0.3 is 12.2 Å². The number of rotatable bonds is 4. The minimum atomic E-state index is -4.54. The van der Waals surface area contributed by atoms with Crippen molar-refractivity contribution in [3.63, 3.8) is 0 Å². The Labute approximate surface area is 213 Å². The van der Waals surface area contributed by atoms with E-state index in [-0.39, 0.29) is 30.0 Å². The minimum Gasteiger partial charge on any atom is -0.369 e. The molecule has 2 amide bonds. The highest BCUT2D eigenvalue weighted by molar-refractivity contribution is 5.95. The molecular weight excluding hydrogens is 486 g/mol. The number of hydrogen-bond acceptors (Lipinski definition) is 3. The Hall–Kier alpha value is -3.56. The predicted octanol–water partition coefficient (Wildman–Crippen LogP) is 6.06. The lowest BCUT2D eigenvalue weighted by atomic mass is 9.97. The number of carbonyl (C=O) groups excluding carboxylic acids is 1. The summed E-state index contributed by atoms with van der Waals surface area (Å²) in [5, 5.41) is 4.51.